The van der Waals surface area contributed by atoms with Crippen LogP contribution in [-0.4, -0.2) is 17.9 Å². The Hall–Kier alpha value is -1.64. The molecule has 1 saturated carbocycles. The number of benzene rings is 1. The molecule has 1 aromatic rings. The molecule has 0 heterocycles. The highest BCUT2D eigenvalue weighted by atomic mass is 16.5. The van der Waals surface area contributed by atoms with Crippen LogP contribution in [0.25, 0.3) is 0 Å². The van der Waals surface area contributed by atoms with Crippen molar-refractivity contribution in [2.24, 2.45) is 0 Å². The summed E-state index contributed by atoms with van der Waals surface area (Å²) in [5, 5.41) is 0. The zero-order chi connectivity index (χ0) is 12.8. The van der Waals surface area contributed by atoms with Crippen LogP contribution < -0.4 is 0 Å². The summed E-state index contributed by atoms with van der Waals surface area (Å²) in [6, 6.07) is 9.82. The Balaban J connectivity index is 1.76. The van der Waals surface area contributed by atoms with Crippen LogP contribution in [0.4, 0.5) is 0 Å². The summed E-state index contributed by atoms with van der Waals surface area (Å²) < 4.78 is 5.24. The van der Waals surface area contributed by atoms with E-state index in [2.05, 4.69) is 0 Å². The van der Waals surface area contributed by atoms with Crippen LogP contribution in [0.1, 0.15) is 37.7 Å². The van der Waals surface area contributed by atoms with Crippen molar-refractivity contribution in [3.8, 4) is 0 Å². The Kier molecular flexibility index (Phi) is 4.51. The number of hydrogen-bond donors (Lipinski definition) is 0. The maximum Gasteiger partial charge on any atom is 0.306 e. The minimum Gasteiger partial charge on any atom is -0.454 e. The van der Waals surface area contributed by atoms with Crippen LogP contribution in [0.2, 0.25) is 0 Å². The SMILES string of the molecule is O=C(CCc1ccccc1)OC1CCCCC1=O. The Labute approximate surface area is 107 Å². The molecule has 0 bridgehead atoms. The van der Waals surface area contributed by atoms with Gasteiger partial charge < -0.3 is 4.74 Å². The van der Waals surface area contributed by atoms with E-state index in [1.807, 2.05) is 30.3 Å². The third-order valence-electron chi connectivity index (χ3n) is 3.23. The molecule has 0 aliphatic heterocycles. The summed E-state index contributed by atoms with van der Waals surface area (Å²) in [5.41, 5.74) is 1.12. The highest BCUT2D eigenvalue weighted by Gasteiger charge is 2.25. The highest BCUT2D eigenvalue weighted by Crippen LogP contribution is 2.18. The molecule has 1 fully saturated rings. The van der Waals surface area contributed by atoms with E-state index >= 15 is 0 Å². The van der Waals surface area contributed by atoms with Crippen molar-refractivity contribution in [3.05, 3.63) is 35.9 Å². The van der Waals surface area contributed by atoms with Crippen LogP contribution in [0, 0.1) is 0 Å². The lowest BCUT2D eigenvalue weighted by Crippen LogP contribution is -2.30. The zero-order valence-corrected chi connectivity index (χ0v) is 10.4. The fraction of sp³-hybridized carbons (Fsp3) is 0.467. The second-order valence-electron chi connectivity index (χ2n) is 4.68. The molecule has 18 heavy (non-hydrogen) atoms. The van der Waals surface area contributed by atoms with Crippen molar-refractivity contribution in [2.75, 3.05) is 0 Å². The van der Waals surface area contributed by atoms with Crippen molar-refractivity contribution >= 4 is 11.8 Å². The molecule has 1 atom stereocenters. The summed E-state index contributed by atoms with van der Waals surface area (Å²) in [7, 11) is 0. The van der Waals surface area contributed by atoms with Gasteiger partial charge in [0.2, 0.25) is 0 Å². The maximum atomic E-state index is 11.7. The largest absolute Gasteiger partial charge is 0.454 e. The molecule has 0 amide bonds. The van der Waals surface area contributed by atoms with Gasteiger partial charge in [0.1, 0.15) is 0 Å². The lowest BCUT2D eigenvalue weighted by Gasteiger charge is -2.20. The second-order valence-corrected chi connectivity index (χ2v) is 4.68. The quantitative estimate of drug-likeness (QED) is 0.767. The lowest BCUT2D eigenvalue weighted by molar-refractivity contribution is -0.156. The van der Waals surface area contributed by atoms with Gasteiger partial charge in [0.25, 0.3) is 0 Å². The van der Waals surface area contributed by atoms with E-state index in [0.717, 1.165) is 18.4 Å². The van der Waals surface area contributed by atoms with E-state index in [-0.39, 0.29) is 11.8 Å². The van der Waals surface area contributed by atoms with Crippen molar-refractivity contribution in [1.82, 2.24) is 0 Å². The van der Waals surface area contributed by atoms with E-state index in [4.69, 9.17) is 4.74 Å². The van der Waals surface area contributed by atoms with Crippen LogP contribution in [0.3, 0.4) is 0 Å². The zero-order valence-electron chi connectivity index (χ0n) is 10.4. The molecule has 1 aliphatic carbocycles. The summed E-state index contributed by atoms with van der Waals surface area (Å²) >= 11 is 0. The van der Waals surface area contributed by atoms with Crippen molar-refractivity contribution in [1.29, 1.82) is 0 Å². The first-order valence-electron chi connectivity index (χ1n) is 6.52. The number of rotatable bonds is 4. The second kappa shape index (κ2) is 6.34. The predicted molar refractivity (Wildman–Crippen MR) is 68.1 cm³/mol. The average molecular weight is 246 g/mol. The van der Waals surface area contributed by atoms with E-state index in [1.54, 1.807) is 0 Å². The molecule has 0 saturated heterocycles. The Morgan fingerprint density at radius 3 is 2.72 bits per heavy atom. The first-order chi connectivity index (χ1) is 8.75. The fourth-order valence-electron chi connectivity index (χ4n) is 2.18. The molecular formula is C15H18O3. The highest BCUT2D eigenvalue weighted by molar-refractivity contribution is 5.86. The number of Topliss-reactive ketones (excluding diaryl/α,β-unsaturated/α-hetero) is 1. The molecule has 2 rings (SSSR count). The maximum absolute atomic E-state index is 11.7. The van der Waals surface area contributed by atoms with Gasteiger partial charge in [-0.1, -0.05) is 30.3 Å². The van der Waals surface area contributed by atoms with Gasteiger partial charge in [-0.2, -0.15) is 0 Å². The van der Waals surface area contributed by atoms with E-state index in [1.165, 1.54) is 0 Å². The molecular weight excluding hydrogens is 228 g/mol. The first-order valence-corrected chi connectivity index (χ1v) is 6.52. The lowest BCUT2D eigenvalue weighted by atomic mass is 9.96. The molecule has 0 N–H and O–H groups in total. The monoisotopic (exact) mass is 246 g/mol. The summed E-state index contributed by atoms with van der Waals surface area (Å²) in [4.78, 5) is 23.2. The van der Waals surface area contributed by atoms with Crippen molar-refractivity contribution in [2.45, 2.75) is 44.6 Å². The standard InChI is InChI=1S/C15H18O3/c16-13-8-4-5-9-14(13)18-15(17)11-10-12-6-2-1-3-7-12/h1-3,6-7,14H,4-5,8-11H2. The number of ether oxygens (including phenoxy) is 1. The van der Waals surface area contributed by atoms with Crippen LogP contribution in [0.15, 0.2) is 30.3 Å². The van der Waals surface area contributed by atoms with Gasteiger partial charge in [0.15, 0.2) is 11.9 Å². The molecule has 1 aliphatic rings. The van der Waals surface area contributed by atoms with E-state index in [9.17, 15) is 9.59 Å². The normalized spacial score (nSPS) is 19.6. The molecule has 1 unspecified atom stereocenters. The van der Waals surface area contributed by atoms with Gasteiger partial charge in [-0.05, 0) is 31.2 Å². The number of ketones is 1. The summed E-state index contributed by atoms with van der Waals surface area (Å²) in [5.74, 6) is -0.187. The third-order valence-corrected chi connectivity index (χ3v) is 3.23. The third kappa shape index (κ3) is 3.69. The molecule has 96 valence electrons. The van der Waals surface area contributed by atoms with E-state index in [0.29, 0.717) is 25.7 Å². The number of aryl methyl sites for hydroxylation is 1. The number of hydrogen-bond acceptors (Lipinski definition) is 3. The molecule has 0 radical (unpaired) electrons. The summed E-state index contributed by atoms with van der Waals surface area (Å²) in [6.07, 6.45) is 3.67. The summed E-state index contributed by atoms with van der Waals surface area (Å²) in [6.45, 7) is 0. The van der Waals surface area contributed by atoms with Gasteiger partial charge in [0, 0.05) is 12.8 Å². The van der Waals surface area contributed by atoms with Gasteiger partial charge in [0.05, 0.1) is 0 Å². The van der Waals surface area contributed by atoms with Gasteiger partial charge in [-0.3, -0.25) is 9.59 Å². The number of carbonyl (C=O) groups excluding carboxylic acids is 2. The van der Waals surface area contributed by atoms with Crippen LogP contribution in [0.5, 0.6) is 0 Å². The molecule has 0 spiro atoms. The van der Waals surface area contributed by atoms with E-state index < -0.39 is 6.10 Å². The molecule has 1 aromatic carbocycles. The number of carbonyl (C=O) groups is 2. The van der Waals surface area contributed by atoms with Crippen molar-refractivity contribution in [3.63, 3.8) is 0 Å². The number of esters is 1. The van der Waals surface area contributed by atoms with Crippen LogP contribution >= 0.6 is 0 Å². The minimum absolute atomic E-state index is 0.0781. The smallest absolute Gasteiger partial charge is 0.306 e. The van der Waals surface area contributed by atoms with Crippen LogP contribution in [-0.2, 0) is 20.7 Å². The van der Waals surface area contributed by atoms with Gasteiger partial charge >= 0.3 is 5.97 Å². The van der Waals surface area contributed by atoms with Gasteiger partial charge in [-0.15, -0.1) is 0 Å². The first kappa shape index (κ1) is 12.8. The molecule has 3 nitrogen and oxygen atoms in total. The van der Waals surface area contributed by atoms with Gasteiger partial charge in [-0.25, -0.2) is 0 Å². The average Bonchev–Trinajstić information content (AvgIpc) is 2.40. The Morgan fingerprint density at radius 1 is 1.22 bits per heavy atom. The molecule has 0 aromatic heterocycles. The Bertz CT molecular complexity index is 411. The minimum atomic E-state index is -0.484. The van der Waals surface area contributed by atoms with Crippen molar-refractivity contribution < 1.29 is 14.3 Å². The predicted octanol–water partition coefficient (Wildman–Crippen LogP) is 2.67. The molecule has 3 heteroatoms. The fourth-order valence-corrected chi connectivity index (χ4v) is 2.18. The Morgan fingerprint density at radius 2 is 2.00 bits per heavy atom. The topological polar surface area (TPSA) is 43.4 Å².